The van der Waals surface area contributed by atoms with Gasteiger partial charge in [0.2, 0.25) is 6.29 Å². The molecule has 3 aliphatic rings. The Morgan fingerprint density at radius 1 is 0.833 bits per heavy atom. The summed E-state index contributed by atoms with van der Waals surface area (Å²) in [5.74, 6) is -0.432. The summed E-state index contributed by atoms with van der Waals surface area (Å²) in [7, 11) is 0. The van der Waals surface area contributed by atoms with Crippen molar-refractivity contribution in [1.29, 1.82) is 0 Å². The molecule has 0 saturated carbocycles. The van der Waals surface area contributed by atoms with Crippen LogP contribution in [0, 0.1) is 5.41 Å². The Kier molecular flexibility index (Phi) is 8.08. The maximum Gasteiger partial charge on any atom is 0.508 e. The maximum absolute atomic E-state index is 11.1. The molecule has 30 heavy (non-hydrogen) atoms. The summed E-state index contributed by atoms with van der Waals surface area (Å²) >= 11 is 0. The van der Waals surface area contributed by atoms with Crippen LogP contribution < -0.4 is 0 Å². The normalized spacial score (nSPS) is 27.8. The molecule has 3 atom stereocenters. The van der Waals surface area contributed by atoms with Crippen LogP contribution in [0.4, 0.5) is 9.59 Å². The minimum absolute atomic E-state index is 0.0790. The van der Waals surface area contributed by atoms with Crippen LogP contribution in [0.15, 0.2) is 0 Å². The largest absolute Gasteiger partial charge is 0.508 e. The Hall–Kier alpha value is -2.15. The van der Waals surface area contributed by atoms with Gasteiger partial charge in [-0.3, -0.25) is 0 Å². The lowest BCUT2D eigenvalue weighted by Gasteiger charge is -2.32. The molecule has 0 aliphatic carbocycles. The van der Waals surface area contributed by atoms with E-state index in [1.165, 1.54) is 0 Å². The fourth-order valence-electron chi connectivity index (χ4n) is 2.97. The third-order valence-corrected chi connectivity index (χ3v) is 4.79. The first-order valence-electron chi connectivity index (χ1n) is 9.69. The molecule has 3 rings (SSSR count). The summed E-state index contributed by atoms with van der Waals surface area (Å²) in [6, 6.07) is 0. The summed E-state index contributed by atoms with van der Waals surface area (Å²) in [5.41, 5.74) is -0.546. The van der Waals surface area contributed by atoms with E-state index in [9.17, 15) is 14.4 Å². The van der Waals surface area contributed by atoms with Crippen molar-refractivity contribution in [3.05, 3.63) is 0 Å². The molecule has 0 aromatic heterocycles. The van der Waals surface area contributed by atoms with Gasteiger partial charge in [0.25, 0.3) is 0 Å². The fraction of sp³-hybridized carbons (Fsp3) is 0.833. The van der Waals surface area contributed by atoms with Crippen molar-refractivity contribution in [3.8, 4) is 0 Å². The van der Waals surface area contributed by atoms with Gasteiger partial charge in [-0.2, -0.15) is 0 Å². The van der Waals surface area contributed by atoms with Crippen molar-refractivity contribution in [2.75, 3.05) is 59.5 Å². The van der Waals surface area contributed by atoms with E-state index in [1.54, 1.807) is 0 Å². The number of carbonyl (C=O) groups excluding carboxylic acids is 3. The van der Waals surface area contributed by atoms with Gasteiger partial charge in [-0.05, 0) is 6.42 Å². The van der Waals surface area contributed by atoms with Gasteiger partial charge in [-0.15, -0.1) is 0 Å². The maximum atomic E-state index is 11.1. The zero-order valence-corrected chi connectivity index (χ0v) is 16.7. The molecule has 3 fully saturated rings. The van der Waals surface area contributed by atoms with E-state index < -0.39 is 42.2 Å². The van der Waals surface area contributed by atoms with Crippen molar-refractivity contribution >= 4 is 18.3 Å². The van der Waals surface area contributed by atoms with Gasteiger partial charge in [-0.25, -0.2) is 14.4 Å². The molecule has 3 aliphatic heterocycles. The van der Waals surface area contributed by atoms with Gasteiger partial charge in [-0.1, -0.05) is 6.92 Å². The molecule has 3 heterocycles. The first-order valence-corrected chi connectivity index (χ1v) is 9.69. The van der Waals surface area contributed by atoms with Crippen LogP contribution in [0.25, 0.3) is 0 Å². The Labute approximate surface area is 172 Å². The standard InChI is InChI=1S/C18H26O12/c1-2-18(9-22-3-12-5-26-16(20)28-12,10-23-4-13-6-27-17(21)29-13)11-24-8-15-25-7-14(19)30-15/h12-13,15H,2-11H2,1H3. The fourth-order valence-corrected chi connectivity index (χ4v) is 2.97. The highest BCUT2D eigenvalue weighted by Crippen LogP contribution is 2.25. The molecular formula is C18H26O12. The highest BCUT2D eigenvalue weighted by Gasteiger charge is 2.34. The van der Waals surface area contributed by atoms with Crippen LogP contribution >= 0.6 is 0 Å². The lowest BCUT2D eigenvalue weighted by atomic mass is 9.88. The first kappa shape index (κ1) is 22.5. The number of ether oxygens (including phenoxy) is 9. The summed E-state index contributed by atoms with van der Waals surface area (Å²) < 4.78 is 46.7. The predicted molar refractivity (Wildman–Crippen MR) is 93.5 cm³/mol. The third kappa shape index (κ3) is 6.69. The zero-order chi connectivity index (χ0) is 21.4. The van der Waals surface area contributed by atoms with Gasteiger partial charge < -0.3 is 42.6 Å². The minimum atomic E-state index is -0.737. The Balaban J connectivity index is 1.47. The van der Waals surface area contributed by atoms with E-state index in [2.05, 4.69) is 0 Å². The molecule has 0 radical (unpaired) electrons. The van der Waals surface area contributed by atoms with Crippen LogP contribution in [0.5, 0.6) is 0 Å². The molecule has 0 spiro atoms. The van der Waals surface area contributed by atoms with Crippen LogP contribution in [0.2, 0.25) is 0 Å². The molecule has 0 aromatic carbocycles. The quantitative estimate of drug-likeness (QED) is 0.293. The number of hydrogen-bond donors (Lipinski definition) is 0. The minimum Gasteiger partial charge on any atom is -0.431 e. The smallest absolute Gasteiger partial charge is 0.431 e. The number of hydrogen-bond acceptors (Lipinski definition) is 12. The second kappa shape index (κ2) is 10.8. The van der Waals surface area contributed by atoms with Crippen molar-refractivity contribution in [2.45, 2.75) is 31.8 Å². The molecule has 0 bridgehead atoms. The van der Waals surface area contributed by atoms with Crippen molar-refractivity contribution in [1.82, 2.24) is 0 Å². The number of esters is 1. The van der Waals surface area contributed by atoms with Crippen molar-refractivity contribution < 1.29 is 57.0 Å². The van der Waals surface area contributed by atoms with E-state index in [-0.39, 0.29) is 59.5 Å². The lowest BCUT2D eigenvalue weighted by Crippen LogP contribution is -2.39. The molecule has 0 aromatic rings. The number of rotatable bonds is 13. The van der Waals surface area contributed by atoms with Gasteiger partial charge in [0.15, 0.2) is 12.2 Å². The Bertz CT molecular complexity index is 529. The number of cyclic esters (lactones) is 5. The van der Waals surface area contributed by atoms with E-state index in [0.717, 1.165) is 0 Å². The number of carbonyl (C=O) groups is 3. The second-order valence-corrected chi connectivity index (χ2v) is 7.23. The average Bonchev–Trinajstić information content (AvgIpc) is 3.44. The van der Waals surface area contributed by atoms with Gasteiger partial charge >= 0.3 is 18.3 Å². The summed E-state index contributed by atoms with van der Waals surface area (Å²) in [6.07, 6.45) is -2.45. The first-order chi connectivity index (χ1) is 14.5. The second-order valence-electron chi connectivity index (χ2n) is 7.23. The average molecular weight is 434 g/mol. The molecule has 0 amide bonds. The SMILES string of the molecule is CCC(COCC1COC(=O)O1)(COCC1COC(=O)O1)COCC1OCC(=O)O1. The predicted octanol–water partition coefficient (Wildman–Crippen LogP) is 0.403. The van der Waals surface area contributed by atoms with Crippen molar-refractivity contribution in [2.24, 2.45) is 5.41 Å². The Morgan fingerprint density at radius 2 is 1.37 bits per heavy atom. The van der Waals surface area contributed by atoms with Crippen LogP contribution in [-0.2, 0) is 47.4 Å². The molecular weight excluding hydrogens is 408 g/mol. The summed E-state index contributed by atoms with van der Waals surface area (Å²) in [4.78, 5) is 33.1. The lowest BCUT2D eigenvalue weighted by molar-refractivity contribution is -0.153. The summed E-state index contributed by atoms with van der Waals surface area (Å²) in [6.45, 7) is 3.32. The van der Waals surface area contributed by atoms with E-state index >= 15 is 0 Å². The van der Waals surface area contributed by atoms with E-state index in [0.29, 0.717) is 6.42 Å². The molecule has 3 unspecified atom stereocenters. The highest BCUT2D eigenvalue weighted by atomic mass is 16.8. The van der Waals surface area contributed by atoms with Crippen LogP contribution in [0.1, 0.15) is 13.3 Å². The topological polar surface area (TPSA) is 134 Å². The van der Waals surface area contributed by atoms with Crippen molar-refractivity contribution in [3.63, 3.8) is 0 Å². The van der Waals surface area contributed by atoms with Crippen LogP contribution in [-0.4, -0.2) is 96.2 Å². The Morgan fingerprint density at radius 3 is 1.77 bits per heavy atom. The third-order valence-electron chi connectivity index (χ3n) is 4.79. The van der Waals surface area contributed by atoms with Gasteiger partial charge in [0, 0.05) is 5.41 Å². The monoisotopic (exact) mass is 434 g/mol. The van der Waals surface area contributed by atoms with Gasteiger partial charge in [0.1, 0.15) is 26.4 Å². The van der Waals surface area contributed by atoms with E-state index in [1.807, 2.05) is 6.92 Å². The highest BCUT2D eigenvalue weighted by molar-refractivity contribution is 5.72. The van der Waals surface area contributed by atoms with E-state index in [4.69, 9.17) is 42.6 Å². The summed E-state index contributed by atoms with van der Waals surface area (Å²) in [5, 5.41) is 0. The van der Waals surface area contributed by atoms with Gasteiger partial charge in [0.05, 0.1) is 33.0 Å². The molecule has 12 nitrogen and oxygen atoms in total. The molecule has 12 heteroatoms. The molecule has 170 valence electrons. The molecule has 0 N–H and O–H groups in total. The molecule has 3 saturated heterocycles. The van der Waals surface area contributed by atoms with Crippen LogP contribution in [0.3, 0.4) is 0 Å². The zero-order valence-electron chi connectivity index (χ0n) is 16.7.